The van der Waals surface area contributed by atoms with Crippen LogP contribution in [0.2, 0.25) is 0 Å². The third-order valence-corrected chi connectivity index (χ3v) is 1.48. The van der Waals surface area contributed by atoms with Crippen LogP contribution in [-0.2, 0) is 0 Å². The van der Waals surface area contributed by atoms with Gasteiger partial charge in [-0.2, -0.15) is 19.3 Å². The van der Waals surface area contributed by atoms with Crippen LogP contribution in [0.1, 0.15) is 59.8 Å². The van der Waals surface area contributed by atoms with E-state index >= 15 is 0 Å². The monoisotopic (exact) mass is 194 g/mol. The molecule has 0 aliphatic heterocycles. The predicted octanol–water partition coefficient (Wildman–Crippen LogP) is 4.28. The van der Waals surface area contributed by atoms with Crippen LogP contribution in [0, 0.1) is 19.3 Å². The molecule has 0 spiro atoms. The Kier molecular flexibility index (Phi) is 27.6. The molecule has 13 heavy (non-hydrogen) atoms. The molecule has 0 heterocycles. The van der Waals surface area contributed by atoms with Crippen LogP contribution < -0.4 is 0 Å². The topological polar surface area (TPSA) is 0 Å². The van der Waals surface area contributed by atoms with E-state index in [1.807, 2.05) is 0 Å². The van der Waals surface area contributed by atoms with Crippen molar-refractivity contribution in [2.75, 3.05) is 0 Å². The fourth-order valence-corrected chi connectivity index (χ4v) is 0.655. The third-order valence-electron chi connectivity index (χ3n) is 1.48. The van der Waals surface area contributed by atoms with Crippen molar-refractivity contribution in [2.24, 2.45) is 5.92 Å². The van der Waals surface area contributed by atoms with Crippen LogP contribution in [0.15, 0.2) is 0 Å². The first-order valence-corrected chi connectivity index (χ1v) is 5.29. The Labute approximate surface area is 102 Å². The van der Waals surface area contributed by atoms with E-state index in [1.165, 1.54) is 25.7 Å². The molecule has 0 bridgehead atoms. The van der Waals surface area contributed by atoms with Gasteiger partial charge in [0.2, 0.25) is 0 Å². The van der Waals surface area contributed by atoms with E-state index in [2.05, 4.69) is 41.0 Å². The van der Waals surface area contributed by atoms with Gasteiger partial charge in [0.05, 0.1) is 0 Å². The summed E-state index contributed by atoms with van der Waals surface area (Å²) < 4.78 is 0. The first-order chi connectivity index (χ1) is 5.68. The van der Waals surface area contributed by atoms with Crippen LogP contribution in [0.4, 0.5) is 0 Å². The SMILES string of the molecule is CCC[CH-]CC(C)C.[CH2-]CCC.[Mg+2]. The van der Waals surface area contributed by atoms with Crippen LogP contribution in [0.5, 0.6) is 0 Å². The molecule has 0 N–H and O–H groups in total. The van der Waals surface area contributed by atoms with Crippen molar-refractivity contribution < 1.29 is 0 Å². The van der Waals surface area contributed by atoms with Gasteiger partial charge in [0.15, 0.2) is 0 Å². The fraction of sp³-hybridized carbons (Fsp3) is 0.833. The molecule has 0 rings (SSSR count). The second-order valence-corrected chi connectivity index (χ2v) is 3.56. The molecule has 0 aromatic heterocycles. The predicted molar refractivity (Wildman–Crippen MR) is 64.7 cm³/mol. The first kappa shape index (κ1) is 19.4. The van der Waals surface area contributed by atoms with Gasteiger partial charge in [0, 0.05) is 0 Å². The van der Waals surface area contributed by atoms with Crippen molar-refractivity contribution in [1.82, 2.24) is 0 Å². The van der Waals surface area contributed by atoms with E-state index in [0.717, 1.165) is 12.3 Å². The summed E-state index contributed by atoms with van der Waals surface area (Å²) in [6.45, 7) is 12.5. The quantitative estimate of drug-likeness (QED) is 0.348. The summed E-state index contributed by atoms with van der Waals surface area (Å²) in [5.41, 5.74) is 0. The minimum atomic E-state index is 0. The standard InChI is InChI=1S/C8H17.C4H9.Mg/c1-4-5-6-7-8(2)3;1-3-4-2;/h6,8H,4-5,7H2,1-3H3;1,3-4H2,2H3;/q2*-1;+2. The summed E-state index contributed by atoms with van der Waals surface area (Å²) in [6.07, 6.45) is 8.53. The zero-order chi connectivity index (χ0) is 9.82. The molecule has 0 amide bonds. The maximum atomic E-state index is 3.60. The van der Waals surface area contributed by atoms with E-state index in [9.17, 15) is 0 Å². The second-order valence-electron chi connectivity index (χ2n) is 3.56. The summed E-state index contributed by atoms with van der Waals surface area (Å²) in [7, 11) is 0. The van der Waals surface area contributed by atoms with Gasteiger partial charge in [0.1, 0.15) is 0 Å². The molecule has 0 fully saturated rings. The largest absolute Gasteiger partial charge is 2.00 e. The second kappa shape index (κ2) is 18.5. The average molecular weight is 195 g/mol. The van der Waals surface area contributed by atoms with Crippen molar-refractivity contribution in [1.29, 1.82) is 0 Å². The molecular weight excluding hydrogens is 168 g/mol. The van der Waals surface area contributed by atoms with Gasteiger partial charge in [-0.1, -0.05) is 46.5 Å². The van der Waals surface area contributed by atoms with Gasteiger partial charge in [0.25, 0.3) is 0 Å². The van der Waals surface area contributed by atoms with Gasteiger partial charge < -0.3 is 13.3 Å². The van der Waals surface area contributed by atoms with Crippen LogP contribution in [0.25, 0.3) is 0 Å². The van der Waals surface area contributed by atoms with E-state index in [-0.39, 0.29) is 23.1 Å². The summed E-state index contributed by atoms with van der Waals surface area (Å²) in [5.74, 6) is 0.849. The van der Waals surface area contributed by atoms with Crippen molar-refractivity contribution in [3.63, 3.8) is 0 Å². The molecule has 0 nitrogen and oxygen atoms in total. The van der Waals surface area contributed by atoms with Gasteiger partial charge in [-0.3, -0.25) is 0 Å². The Bertz CT molecular complexity index is 58.1. The van der Waals surface area contributed by atoms with E-state index in [0.29, 0.717) is 0 Å². The summed E-state index contributed by atoms with van der Waals surface area (Å²) >= 11 is 0. The molecule has 0 aliphatic rings. The van der Waals surface area contributed by atoms with Crippen LogP contribution in [0.3, 0.4) is 0 Å². The molecule has 0 saturated heterocycles. The molecule has 0 saturated carbocycles. The number of hydrogen-bond donors (Lipinski definition) is 0. The zero-order valence-corrected chi connectivity index (χ0v) is 11.5. The Morgan fingerprint density at radius 3 is 1.85 bits per heavy atom. The minimum Gasteiger partial charge on any atom is -0.343 e. The number of unbranched alkanes of at least 4 members (excludes halogenated alkanes) is 3. The molecule has 0 radical (unpaired) electrons. The van der Waals surface area contributed by atoms with E-state index in [4.69, 9.17) is 0 Å². The third kappa shape index (κ3) is 32.3. The van der Waals surface area contributed by atoms with Gasteiger partial charge >= 0.3 is 23.1 Å². The molecule has 0 unspecified atom stereocenters. The van der Waals surface area contributed by atoms with Crippen molar-refractivity contribution >= 4 is 23.1 Å². The van der Waals surface area contributed by atoms with Crippen LogP contribution in [-0.4, -0.2) is 23.1 Å². The molecular formula is C12H26Mg. The van der Waals surface area contributed by atoms with Gasteiger partial charge in [-0.05, 0) is 0 Å². The smallest absolute Gasteiger partial charge is 0.343 e. The Morgan fingerprint density at radius 1 is 1.15 bits per heavy atom. The van der Waals surface area contributed by atoms with Crippen molar-refractivity contribution in [2.45, 2.75) is 59.8 Å². The Hall–Kier alpha value is 0.766. The van der Waals surface area contributed by atoms with Crippen molar-refractivity contribution in [3.8, 4) is 0 Å². The summed E-state index contributed by atoms with van der Waals surface area (Å²) in [5, 5.41) is 0. The van der Waals surface area contributed by atoms with Gasteiger partial charge in [-0.15, -0.1) is 0 Å². The molecule has 0 aromatic carbocycles. The fourth-order valence-electron chi connectivity index (χ4n) is 0.655. The van der Waals surface area contributed by atoms with Crippen LogP contribution >= 0.6 is 0 Å². The summed E-state index contributed by atoms with van der Waals surface area (Å²) in [6, 6.07) is 0. The maximum absolute atomic E-state index is 3.60. The maximum Gasteiger partial charge on any atom is 2.00 e. The van der Waals surface area contributed by atoms with Gasteiger partial charge in [-0.25, -0.2) is 0 Å². The molecule has 0 aliphatic carbocycles. The normalized spacial score (nSPS) is 8.77. The average Bonchev–Trinajstić information content (AvgIpc) is 2.05. The van der Waals surface area contributed by atoms with E-state index < -0.39 is 0 Å². The Balaban J connectivity index is -0.000000173. The first-order valence-electron chi connectivity index (χ1n) is 5.29. The minimum absolute atomic E-state index is 0. The zero-order valence-electron chi connectivity index (χ0n) is 10.1. The molecule has 0 aromatic rings. The summed E-state index contributed by atoms with van der Waals surface area (Å²) in [4.78, 5) is 0. The Morgan fingerprint density at radius 2 is 1.62 bits per heavy atom. The number of rotatable bonds is 5. The van der Waals surface area contributed by atoms with E-state index in [1.54, 1.807) is 0 Å². The molecule has 1 heteroatoms. The number of hydrogen-bond acceptors (Lipinski definition) is 0. The molecule has 0 atom stereocenters. The molecule has 76 valence electrons. The van der Waals surface area contributed by atoms with Crippen molar-refractivity contribution in [3.05, 3.63) is 13.3 Å².